The Bertz CT molecular complexity index is 864. The summed E-state index contributed by atoms with van der Waals surface area (Å²) >= 11 is 0.508. The topological polar surface area (TPSA) is 25.8 Å². The van der Waals surface area contributed by atoms with Crippen LogP contribution in [0.25, 0.3) is 22.2 Å². The number of hydrogen-bond donors (Lipinski definition) is 0. The van der Waals surface area contributed by atoms with Crippen LogP contribution in [-0.2, 0) is 0 Å². The molecule has 0 aliphatic carbocycles. The molecule has 2 nitrogen and oxygen atoms in total. The third kappa shape index (κ3) is 1.76. The van der Waals surface area contributed by atoms with Crippen LogP contribution in [0.5, 0.6) is 0 Å². The molecular formula is C17H18N2SeSi. The third-order valence-corrected chi connectivity index (χ3v) is 13.1. The van der Waals surface area contributed by atoms with Gasteiger partial charge >= 0.3 is 132 Å². The fourth-order valence-electron chi connectivity index (χ4n) is 3.35. The molecule has 0 radical (unpaired) electrons. The van der Waals surface area contributed by atoms with E-state index in [4.69, 9.17) is 0 Å². The molecule has 0 saturated carbocycles. The van der Waals surface area contributed by atoms with Crippen LogP contribution in [0.15, 0.2) is 29.5 Å². The molecule has 0 unspecified atom stereocenters. The van der Waals surface area contributed by atoms with E-state index in [2.05, 4.69) is 60.0 Å². The summed E-state index contributed by atoms with van der Waals surface area (Å²) in [6, 6.07) is 7.00. The molecule has 3 aromatic rings. The van der Waals surface area contributed by atoms with Gasteiger partial charge in [-0.25, -0.2) is 0 Å². The van der Waals surface area contributed by atoms with E-state index in [1.54, 1.807) is 15.6 Å². The zero-order valence-corrected chi connectivity index (χ0v) is 15.5. The van der Waals surface area contributed by atoms with Crippen LogP contribution in [0.2, 0.25) is 13.1 Å². The number of nitrogens with zero attached hydrogens (tertiary/aromatic N) is 2. The molecule has 2 aromatic heterocycles. The summed E-state index contributed by atoms with van der Waals surface area (Å²) in [6.07, 6.45) is 1.73. The van der Waals surface area contributed by atoms with E-state index in [9.17, 15) is 0 Å². The number of fused-ring (bicyclic) bond motifs is 2. The molecule has 0 amide bonds. The summed E-state index contributed by atoms with van der Waals surface area (Å²) in [4.78, 5) is 11.6. The van der Waals surface area contributed by atoms with Gasteiger partial charge in [0.1, 0.15) is 0 Å². The zero-order valence-electron chi connectivity index (χ0n) is 12.8. The van der Waals surface area contributed by atoms with Gasteiger partial charge in [-0.05, 0) is 0 Å². The normalized spacial score (nSPS) is 15.5. The van der Waals surface area contributed by atoms with E-state index >= 15 is 0 Å². The SMILES string of the molecule is CC(C)c1cc2c3c(ncnc3c1)-c1cc[se]c1[Si]2(C)C. The van der Waals surface area contributed by atoms with Gasteiger partial charge in [-0.2, -0.15) is 0 Å². The van der Waals surface area contributed by atoms with Crippen molar-refractivity contribution in [2.24, 2.45) is 0 Å². The van der Waals surface area contributed by atoms with Crippen LogP contribution in [0.3, 0.4) is 0 Å². The summed E-state index contributed by atoms with van der Waals surface area (Å²) in [7, 11) is -1.58. The summed E-state index contributed by atoms with van der Waals surface area (Å²) in [5.74, 6) is 0.538. The Morgan fingerprint density at radius 1 is 1.14 bits per heavy atom. The average molecular weight is 357 g/mol. The van der Waals surface area contributed by atoms with Crippen LogP contribution in [-0.4, -0.2) is 32.5 Å². The van der Waals surface area contributed by atoms with Gasteiger partial charge in [0.05, 0.1) is 0 Å². The molecule has 0 fully saturated rings. The van der Waals surface area contributed by atoms with Crippen molar-refractivity contribution in [1.29, 1.82) is 0 Å². The van der Waals surface area contributed by atoms with E-state index in [1.807, 2.05) is 0 Å². The van der Waals surface area contributed by atoms with Gasteiger partial charge < -0.3 is 0 Å². The van der Waals surface area contributed by atoms with Gasteiger partial charge in [0, 0.05) is 0 Å². The standard InChI is InChI=1S/C17H18N2SeSi/c1-10(2)11-7-13-15-14(8-11)21(3,4)17-12(5-6-20-17)16(15)19-9-18-13/h5-10H,1-4H3. The second-order valence-corrected chi connectivity index (χ2v) is 13.6. The van der Waals surface area contributed by atoms with Crippen molar-refractivity contribution in [1.82, 2.24) is 9.97 Å². The Balaban J connectivity index is 2.20. The fraction of sp³-hybridized carbons (Fsp3) is 0.294. The molecule has 21 heavy (non-hydrogen) atoms. The third-order valence-electron chi connectivity index (χ3n) is 4.59. The van der Waals surface area contributed by atoms with Crippen molar-refractivity contribution in [3.63, 3.8) is 0 Å². The van der Waals surface area contributed by atoms with Crippen molar-refractivity contribution < 1.29 is 0 Å². The first-order valence-corrected chi connectivity index (χ1v) is 12.2. The van der Waals surface area contributed by atoms with Crippen molar-refractivity contribution in [2.75, 3.05) is 0 Å². The molecule has 0 N–H and O–H groups in total. The molecule has 0 spiro atoms. The van der Waals surface area contributed by atoms with E-state index in [0.717, 1.165) is 5.52 Å². The van der Waals surface area contributed by atoms with Crippen molar-refractivity contribution in [2.45, 2.75) is 32.9 Å². The van der Waals surface area contributed by atoms with Crippen LogP contribution in [0.4, 0.5) is 0 Å². The van der Waals surface area contributed by atoms with Crippen molar-refractivity contribution >= 4 is 42.7 Å². The van der Waals surface area contributed by atoms with Gasteiger partial charge in [0.15, 0.2) is 0 Å². The van der Waals surface area contributed by atoms with Gasteiger partial charge in [0.2, 0.25) is 0 Å². The molecule has 1 aromatic carbocycles. The minimum absolute atomic E-state index is 0.508. The molecule has 106 valence electrons. The maximum absolute atomic E-state index is 4.63. The first-order chi connectivity index (χ1) is 10.00. The van der Waals surface area contributed by atoms with Gasteiger partial charge in [-0.15, -0.1) is 0 Å². The number of rotatable bonds is 1. The molecule has 0 bridgehead atoms. The Hall–Kier alpha value is -1.22. The number of aromatic nitrogens is 2. The quantitative estimate of drug-likeness (QED) is 0.626. The predicted molar refractivity (Wildman–Crippen MR) is 92.8 cm³/mol. The monoisotopic (exact) mass is 358 g/mol. The van der Waals surface area contributed by atoms with E-state index in [1.165, 1.54) is 22.2 Å². The van der Waals surface area contributed by atoms with Crippen LogP contribution in [0, 0.1) is 0 Å². The molecule has 4 rings (SSSR count). The number of benzene rings is 1. The predicted octanol–water partition coefficient (Wildman–Crippen LogP) is 2.61. The first-order valence-electron chi connectivity index (χ1n) is 7.37. The Morgan fingerprint density at radius 2 is 1.95 bits per heavy atom. The summed E-state index contributed by atoms with van der Waals surface area (Å²) in [6.45, 7) is 9.51. The molecule has 0 saturated heterocycles. The van der Waals surface area contributed by atoms with E-state index in [0.29, 0.717) is 20.4 Å². The number of hydrogen-bond acceptors (Lipinski definition) is 2. The van der Waals surface area contributed by atoms with Gasteiger partial charge in [-0.3, -0.25) is 0 Å². The molecule has 1 aliphatic heterocycles. The Kier molecular flexibility index (Phi) is 2.81. The van der Waals surface area contributed by atoms with Crippen molar-refractivity contribution in [3.05, 3.63) is 35.0 Å². The average Bonchev–Trinajstić information content (AvgIpc) is 2.94. The minimum atomic E-state index is -1.58. The van der Waals surface area contributed by atoms with Crippen LogP contribution in [0.1, 0.15) is 25.3 Å². The molecule has 4 heteroatoms. The molecule has 3 heterocycles. The Labute approximate surface area is 132 Å². The summed E-state index contributed by atoms with van der Waals surface area (Å²) in [5.41, 5.74) is 5.11. The van der Waals surface area contributed by atoms with Crippen molar-refractivity contribution in [3.8, 4) is 11.3 Å². The summed E-state index contributed by atoms with van der Waals surface area (Å²) in [5, 5.41) is 2.86. The van der Waals surface area contributed by atoms with Crippen LogP contribution < -0.4 is 9.25 Å². The van der Waals surface area contributed by atoms with Crippen LogP contribution >= 0.6 is 0 Å². The van der Waals surface area contributed by atoms with Gasteiger partial charge in [-0.1, -0.05) is 0 Å². The molecule has 1 aliphatic rings. The maximum atomic E-state index is 4.63. The van der Waals surface area contributed by atoms with Gasteiger partial charge in [0.25, 0.3) is 0 Å². The van der Waals surface area contributed by atoms with E-state index < -0.39 is 8.07 Å². The zero-order chi connectivity index (χ0) is 14.8. The fourth-order valence-corrected chi connectivity index (χ4v) is 10.4. The molecule has 0 atom stereocenters. The first kappa shape index (κ1) is 13.4. The van der Waals surface area contributed by atoms with E-state index in [-0.39, 0.29) is 0 Å². The second kappa shape index (κ2) is 4.39. The Morgan fingerprint density at radius 3 is 2.71 bits per heavy atom. The molecular weight excluding hydrogens is 339 g/mol. The summed E-state index contributed by atoms with van der Waals surface area (Å²) < 4.78 is 1.70. The second-order valence-electron chi connectivity index (χ2n) is 6.63.